The standard InChI is InChI=1S/C13H20N4O5S/c1-2-4-12(14)13(18)15-7-8-16-23(21,22)11-6-3-5-10(9-11)17(19)20/h3,5-6,9,12,16H,2,4,7-8,14H2,1H3,(H,15,18). The SMILES string of the molecule is CCCC(N)C(=O)NCCNS(=O)(=O)c1cccc([N+](=O)[O-])c1. The number of carbonyl (C=O) groups is 1. The molecule has 0 saturated heterocycles. The fraction of sp³-hybridized carbons (Fsp3) is 0.462. The van der Waals surface area contributed by atoms with Gasteiger partial charge in [0.25, 0.3) is 5.69 Å². The first kappa shape index (κ1) is 19.0. The van der Waals surface area contributed by atoms with E-state index in [1.54, 1.807) is 0 Å². The van der Waals surface area contributed by atoms with E-state index in [1.807, 2.05) is 6.92 Å². The minimum atomic E-state index is -3.88. The van der Waals surface area contributed by atoms with E-state index in [4.69, 9.17) is 5.73 Å². The van der Waals surface area contributed by atoms with E-state index in [1.165, 1.54) is 18.2 Å². The molecule has 0 radical (unpaired) electrons. The lowest BCUT2D eigenvalue weighted by Gasteiger charge is -2.11. The third-order valence-corrected chi connectivity index (χ3v) is 4.45. The molecule has 0 aliphatic rings. The van der Waals surface area contributed by atoms with E-state index in [9.17, 15) is 23.3 Å². The van der Waals surface area contributed by atoms with Crippen molar-refractivity contribution in [2.45, 2.75) is 30.7 Å². The van der Waals surface area contributed by atoms with Crippen molar-refractivity contribution in [1.29, 1.82) is 0 Å². The van der Waals surface area contributed by atoms with Gasteiger partial charge < -0.3 is 11.1 Å². The molecule has 4 N–H and O–H groups in total. The molecule has 0 aliphatic heterocycles. The van der Waals surface area contributed by atoms with Crippen LogP contribution in [-0.4, -0.2) is 38.4 Å². The Morgan fingerprint density at radius 1 is 1.39 bits per heavy atom. The Hall–Kier alpha value is -2.04. The quantitative estimate of drug-likeness (QED) is 0.329. The lowest BCUT2D eigenvalue weighted by molar-refractivity contribution is -0.385. The summed E-state index contributed by atoms with van der Waals surface area (Å²) in [5.74, 6) is -0.346. The third kappa shape index (κ3) is 5.93. The molecule has 1 aromatic carbocycles. The number of amides is 1. The number of benzene rings is 1. The number of nitro groups is 1. The second-order valence-corrected chi connectivity index (χ2v) is 6.61. The van der Waals surface area contributed by atoms with Crippen molar-refractivity contribution in [3.63, 3.8) is 0 Å². The molecule has 1 rings (SSSR count). The number of nitro benzene ring substituents is 1. The van der Waals surface area contributed by atoms with Crippen LogP contribution in [0.3, 0.4) is 0 Å². The largest absolute Gasteiger partial charge is 0.353 e. The van der Waals surface area contributed by atoms with E-state index in [0.29, 0.717) is 6.42 Å². The maximum Gasteiger partial charge on any atom is 0.270 e. The van der Waals surface area contributed by atoms with Crippen LogP contribution in [0.15, 0.2) is 29.2 Å². The number of hydrogen-bond donors (Lipinski definition) is 3. The van der Waals surface area contributed by atoms with Crippen molar-refractivity contribution in [2.24, 2.45) is 5.73 Å². The van der Waals surface area contributed by atoms with Crippen LogP contribution in [0.1, 0.15) is 19.8 Å². The van der Waals surface area contributed by atoms with Crippen molar-refractivity contribution < 1.29 is 18.1 Å². The minimum Gasteiger partial charge on any atom is -0.353 e. The zero-order valence-corrected chi connectivity index (χ0v) is 13.5. The molecule has 0 spiro atoms. The van der Waals surface area contributed by atoms with Gasteiger partial charge in [-0.25, -0.2) is 13.1 Å². The number of nitrogens with two attached hydrogens (primary N) is 1. The Morgan fingerprint density at radius 3 is 2.70 bits per heavy atom. The summed E-state index contributed by atoms with van der Waals surface area (Å²) < 4.78 is 26.3. The second kappa shape index (κ2) is 8.56. The van der Waals surface area contributed by atoms with Gasteiger partial charge in [0, 0.05) is 25.2 Å². The van der Waals surface area contributed by atoms with Gasteiger partial charge in [-0.3, -0.25) is 14.9 Å². The summed E-state index contributed by atoms with van der Waals surface area (Å²) in [6.45, 7) is 1.93. The summed E-state index contributed by atoms with van der Waals surface area (Å²) in [5, 5.41) is 13.2. The van der Waals surface area contributed by atoms with Gasteiger partial charge >= 0.3 is 0 Å². The first-order valence-electron chi connectivity index (χ1n) is 7.05. The van der Waals surface area contributed by atoms with Gasteiger partial charge in [0.2, 0.25) is 15.9 Å². The molecule has 0 heterocycles. The molecule has 128 valence electrons. The highest BCUT2D eigenvalue weighted by molar-refractivity contribution is 7.89. The smallest absolute Gasteiger partial charge is 0.270 e. The molecule has 0 aromatic heterocycles. The van der Waals surface area contributed by atoms with Crippen molar-refractivity contribution in [3.05, 3.63) is 34.4 Å². The zero-order chi connectivity index (χ0) is 17.5. The summed E-state index contributed by atoms with van der Waals surface area (Å²) in [6.07, 6.45) is 1.32. The summed E-state index contributed by atoms with van der Waals surface area (Å²) in [4.78, 5) is 21.3. The lowest BCUT2D eigenvalue weighted by Crippen LogP contribution is -2.43. The number of nitrogens with zero attached hydrogens (tertiary/aromatic N) is 1. The topological polar surface area (TPSA) is 144 Å². The molecule has 1 atom stereocenters. The van der Waals surface area contributed by atoms with Gasteiger partial charge in [-0.15, -0.1) is 0 Å². The predicted octanol–water partition coefficient (Wildman–Crippen LogP) is 0.117. The Kier molecular flexibility index (Phi) is 7.07. The summed E-state index contributed by atoms with van der Waals surface area (Å²) in [5.41, 5.74) is 5.30. The molecule has 10 heteroatoms. The van der Waals surface area contributed by atoms with E-state index < -0.39 is 21.0 Å². The number of non-ortho nitro benzene ring substituents is 1. The van der Waals surface area contributed by atoms with Gasteiger partial charge in [-0.2, -0.15) is 0 Å². The van der Waals surface area contributed by atoms with E-state index in [0.717, 1.165) is 12.5 Å². The molecule has 0 aliphatic carbocycles. The van der Waals surface area contributed by atoms with Crippen molar-refractivity contribution in [1.82, 2.24) is 10.0 Å². The Bertz CT molecular complexity index is 662. The third-order valence-electron chi connectivity index (χ3n) is 2.99. The van der Waals surface area contributed by atoms with Crippen LogP contribution in [0, 0.1) is 10.1 Å². The second-order valence-electron chi connectivity index (χ2n) is 4.84. The predicted molar refractivity (Wildman–Crippen MR) is 84.2 cm³/mol. The van der Waals surface area contributed by atoms with Gasteiger partial charge in [0.05, 0.1) is 15.9 Å². The van der Waals surface area contributed by atoms with Gasteiger partial charge in [-0.1, -0.05) is 19.4 Å². The summed E-state index contributed by atoms with van der Waals surface area (Å²) >= 11 is 0. The molecular weight excluding hydrogens is 324 g/mol. The average Bonchev–Trinajstić information content (AvgIpc) is 2.51. The van der Waals surface area contributed by atoms with Crippen molar-refractivity contribution >= 4 is 21.6 Å². The van der Waals surface area contributed by atoms with Crippen LogP contribution in [0.5, 0.6) is 0 Å². The number of carbonyl (C=O) groups excluding carboxylic acids is 1. The van der Waals surface area contributed by atoms with Crippen LogP contribution < -0.4 is 15.8 Å². The monoisotopic (exact) mass is 344 g/mol. The number of hydrogen-bond acceptors (Lipinski definition) is 6. The molecule has 0 fully saturated rings. The molecule has 1 aromatic rings. The first-order chi connectivity index (χ1) is 10.8. The van der Waals surface area contributed by atoms with Gasteiger partial charge in [0.15, 0.2) is 0 Å². The van der Waals surface area contributed by atoms with Crippen LogP contribution in [-0.2, 0) is 14.8 Å². The number of sulfonamides is 1. The molecule has 23 heavy (non-hydrogen) atoms. The Morgan fingerprint density at radius 2 is 2.09 bits per heavy atom. The summed E-state index contributed by atoms with van der Waals surface area (Å²) in [6, 6.07) is 4.10. The van der Waals surface area contributed by atoms with E-state index >= 15 is 0 Å². The maximum atomic E-state index is 12.0. The number of rotatable bonds is 9. The highest BCUT2D eigenvalue weighted by atomic mass is 32.2. The lowest BCUT2D eigenvalue weighted by atomic mass is 10.2. The first-order valence-corrected chi connectivity index (χ1v) is 8.53. The van der Waals surface area contributed by atoms with Crippen molar-refractivity contribution in [2.75, 3.05) is 13.1 Å². The summed E-state index contributed by atoms with van der Waals surface area (Å²) in [7, 11) is -3.88. The molecule has 1 amide bonds. The normalized spacial score (nSPS) is 12.6. The maximum absolute atomic E-state index is 12.0. The Balaban J connectivity index is 2.55. The highest BCUT2D eigenvalue weighted by Gasteiger charge is 2.17. The molecule has 9 nitrogen and oxygen atoms in total. The highest BCUT2D eigenvalue weighted by Crippen LogP contribution is 2.16. The van der Waals surface area contributed by atoms with Crippen LogP contribution >= 0.6 is 0 Å². The van der Waals surface area contributed by atoms with Crippen LogP contribution in [0.2, 0.25) is 0 Å². The molecule has 1 unspecified atom stereocenters. The molecular formula is C13H20N4O5S. The number of nitrogens with one attached hydrogen (secondary N) is 2. The minimum absolute atomic E-state index is 0.0460. The fourth-order valence-electron chi connectivity index (χ4n) is 1.79. The fourth-order valence-corrected chi connectivity index (χ4v) is 2.86. The van der Waals surface area contributed by atoms with Crippen LogP contribution in [0.4, 0.5) is 5.69 Å². The molecule has 0 saturated carbocycles. The van der Waals surface area contributed by atoms with E-state index in [2.05, 4.69) is 10.0 Å². The molecule has 0 bridgehead atoms. The Labute approximate surface area is 134 Å². The van der Waals surface area contributed by atoms with Crippen molar-refractivity contribution in [3.8, 4) is 0 Å². The van der Waals surface area contributed by atoms with Gasteiger partial charge in [0.1, 0.15) is 0 Å². The van der Waals surface area contributed by atoms with Gasteiger partial charge in [-0.05, 0) is 12.5 Å². The van der Waals surface area contributed by atoms with Crippen LogP contribution in [0.25, 0.3) is 0 Å². The average molecular weight is 344 g/mol. The van der Waals surface area contributed by atoms with E-state index in [-0.39, 0.29) is 29.6 Å². The zero-order valence-electron chi connectivity index (χ0n) is 12.7.